The summed E-state index contributed by atoms with van der Waals surface area (Å²) in [7, 11) is 0. The third kappa shape index (κ3) is 6.34. The fraction of sp³-hybridized carbons (Fsp3) is 1.00. The predicted molar refractivity (Wildman–Crippen MR) is 75.3 cm³/mol. The van der Waals surface area contributed by atoms with Gasteiger partial charge in [0.2, 0.25) is 0 Å². The topological polar surface area (TPSA) is 3.24 Å². The number of rotatable bonds is 12. The first-order valence-electron chi connectivity index (χ1n) is 7.99. The highest BCUT2D eigenvalue weighted by Gasteiger charge is 2.61. The number of hydrogen-bond donors (Lipinski definition) is 0. The summed E-state index contributed by atoms with van der Waals surface area (Å²) in [4.78, 5) is -1.12. The van der Waals surface area contributed by atoms with E-state index in [0.29, 0.717) is 19.3 Å². The Morgan fingerprint density at radius 3 is 0.955 bits per heavy atom. The van der Waals surface area contributed by atoms with Crippen LogP contribution in [0.25, 0.3) is 0 Å². The van der Waals surface area contributed by atoms with Gasteiger partial charge in [-0.05, 0) is 19.3 Å². The molecule has 0 saturated carbocycles. The average Bonchev–Trinajstić information content (AvgIpc) is 2.39. The summed E-state index contributed by atoms with van der Waals surface area (Å²) in [6.07, 6.45) is -2.27. The highest BCUT2D eigenvalue weighted by molar-refractivity contribution is 4.84. The van der Waals surface area contributed by atoms with E-state index in [-0.39, 0.29) is 19.3 Å². The van der Waals surface area contributed by atoms with Gasteiger partial charge >= 0.3 is 18.1 Å². The molecule has 0 aliphatic carbocycles. The molecule has 0 heterocycles. The molecule has 22 heavy (non-hydrogen) atoms. The van der Waals surface area contributed by atoms with Crippen molar-refractivity contribution in [3.63, 3.8) is 0 Å². The first kappa shape index (κ1) is 21.5. The lowest BCUT2D eigenvalue weighted by atomic mass is 10.1. The molecular weight excluding hydrogens is 308 g/mol. The predicted octanol–water partition coefficient (Wildman–Crippen LogP) is 6.64. The Morgan fingerprint density at radius 1 is 0.545 bits per heavy atom. The van der Waals surface area contributed by atoms with Crippen LogP contribution in [-0.4, -0.2) is 23.0 Å². The minimum Gasteiger partial charge on any atom is -0.188 e. The lowest BCUT2D eigenvalue weighted by Gasteiger charge is -2.41. The molecule has 0 spiro atoms. The van der Waals surface area contributed by atoms with Crippen LogP contribution < -0.4 is 0 Å². The van der Waals surface area contributed by atoms with Gasteiger partial charge < -0.3 is 0 Å². The van der Waals surface area contributed by atoms with Crippen LogP contribution in [0.15, 0.2) is 0 Å². The Balaban J connectivity index is 5.46. The molecule has 0 aliphatic heterocycles. The summed E-state index contributed by atoms with van der Waals surface area (Å²) in [5.74, 6) is 0. The molecule has 0 bridgehead atoms. The van der Waals surface area contributed by atoms with E-state index < -0.39 is 42.3 Å². The van der Waals surface area contributed by atoms with Gasteiger partial charge in [0, 0.05) is 19.3 Å². The first-order chi connectivity index (χ1) is 10.0. The van der Waals surface area contributed by atoms with Crippen molar-refractivity contribution in [3.05, 3.63) is 0 Å². The van der Waals surface area contributed by atoms with Gasteiger partial charge in [-0.15, -0.1) is 4.90 Å². The highest BCUT2D eigenvalue weighted by atomic mass is 19.3. The van der Waals surface area contributed by atoms with E-state index in [2.05, 4.69) is 0 Å². The molecule has 0 aromatic rings. The second kappa shape index (κ2) is 8.99. The number of unbranched alkanes of at least 4 members (excludes halogenated alkanes) is 3. The Kier molecular flexibility index (Phi) is 8.80. The minimum absolute atomic E-state index is 0.0861. The van der Waals surface area contributed by atoms with E-state index in [1.54, 1.807) is 20.8 Å². The van der Waals surface area contributed by atoms with Crippen molar-refractivity contribution in [2.75, 3.05) is 0 Å². The van der Waals surface area contributed by atoms with Crippen molar-refractivity contribution in [2.45, 2.75) is 96.7 Å². The van der Waals surface area contributed by atoms with Crippen molar-refractivity contribution in [1.29, 1.82) is 0 Å². The largest absolute Gasteiger partial charge is 0.313 e. The van der Waals surface area contributed by atoms with E-state index in [9.17, 15) is 26.3 Å². The third-order valence-corrected chi connectivity index (χ3v) is 3.47. The fourth-order valence-electron chi connectivity index (χ4n) is 2.22. The van der Waals surface area contributed by atoms with Crippen molar-refractivity contribution in [3.8, 4) is 0 Å². The molecule has 0 aliphatic rings. The Bertz CT molecular complexity index is 259. The SMILES string of the molecule is CCCCC(F)(F)N(C(F)(F)CCCC)C(F)(F)CCCC. The van der Waals surface area contributed by atoms with Crippen LogP contribution in [0.4, 0.5) is 26.3 Å². The van der Waals surface area contributed by atoms with Crippen molar-refractivity contribution in [2.24, 2.45) is 0 Å². The van der Waals surface area contributed by atoms with Crippen LogP contribution in [-0.2, 0) is 0 Å². The molecule has 134 valence electrons. The van der Waals surface area contributed by atoms with E-state index in [4.69, 9.17) is 0 Å². The number of nitrogens with zero attached hydrogens (tertiary/aromatic N) is 1. The van der Waals surface area contributed by atoms with E-state index in [1.165, 1.54) is 0 Å². The van der Waals surface area contributed by atoms with Gasteiger partial charge in [-0.25, -0.2) is 0 Å². The molecule has 0 aromatic heterocycles. The number of halogens is 6. The highest BCUT2D eigenvalue weighted by Crippen LogP contribution is 2.46. The van der Waals surface area contributed by atoms with Crippen molar-refractivity contribution >= 4 is 0 Å². The molecule has 0 rings (SSSR count). The summed E-state index contributed by atoms with van der Waals surface area (Å²) in [5.41, 5.74) is 0. The fourth-order valence-corrected chi connectivity index (χ4v) is 2.22. The van der Waals surface area contributed by atoms with Gasteiger partial charge in [-0.2, -0.15) is 26.3 Å². The van der Waals surface area contributed by atoms with Crippen LogP contribution in [0.5, 0.6) is 0 Å². The van der Waals surface area contributed by atoms with Crippen LogP contribution in [0.3, 0.4) is 0 Å². The summed E-state index contributed by atoms with van der Waals surface area (Å²) in [6.45, 7) is 4.81. The molecule has 1 nitrogen and oxygen atoms in total. The minimum atomic E-state index is -4.23. The van der Waals surface area contributed by atoms with E-state index in [0.717, 1.165) is 0 Å². The van der Waals surface area contributed by atoms with Crippen LogP contribution in [0.1, 0.15) is 78.6 Å². The van der Waals surface area contributed by atoms with Gasteiger partial charge in [0.25, 0.3) is 0 Å². The van der Waals surface area contributed by atoms with Gasteiger partial charge in [-0.1, -0.05) is 40.0 Å². The van der Waals surface area contributed by atoms with Gasteiger partial charge in [0.15, 0.2) is 0 Å². The smallest absolute Gasteiger partial charge is 0.188 e. The normalized spacial score (nSPS) is 13.9. The molecule has 7 heteroatoms. The van der Waals surface area contributed by atoms with Crippen molar-refractivity contribution < 1.29 is 26.3 Å². The molecule has 0 saturated heterocycles. The number of alkyl halides is 6. The third-order valence-electron chi connectivity index (χ3n) is 3.47. The monoisotopic (exact) mass is 335 g/mol. The first-order valence-corrected chi connectivity index (χ1v) is 7.99. The second-order valence-electron chi connectivity index (χ2n) is 5.64. The maximum atomic E-state index is 14.1. The standard InChI is InChI=1S/C15H27F6N/c1-4-7-10-13(16,17)22(14(18,19)11-8-5-2)15(20,21)12-9-6-3/h4-12H2,1-3H3. The summed E-state index contributed by atoms with van der Waals surface area (Å²) >= 11 is 0. The summed E-state index contributed by atoms with van der Waals surface area (Å²) < 4.78 is 84.5. The van der Waals surface area contributed by atoms with Gasteiger partial charge in [0.05, 0.1) is 0 Å². The molecule has 0 N–H and O–H groups in total. The molecule has 0 radical (unpaired) electrons. The molecule has 0 atom stereocenters. The zero-order valence-electron chi connectivity index (χ0n) is 13.6. The summed E-state index contributed by atoms with van der Waals surface area (Å²) in [5, 5.41) is 0. The lowest BCUT2D eigenvalue weighted by Crippen LogP contribution is -2.61. The maximum absolute atomic E-state index is 14.1. The van der Waals surface area contributed by atoms with Crippen molar-refractivity contribution in [1.82, 2.24) is 4.90 Å². The molecular formula is C15H27F6N. The van der Waals surface area contributed by atoms with E-state index in [1.807, 2.05) is 0 Å². The number of hydrogen-bond acceptors (Lipinski definition) is 1. The van der Waals surface area contributed by atoms with Gasteiger partial charge in [-0.3, -0.25) is 0 Å². The quantitative estimate of drug-likeness (QED) is 0.285. The zero-order valence-corrected chi connectivity index (χ0v) is 13.6. The Hall–Kier alpha value is -0.460. The molecule has 0 fully saturated rings. The van der Waals surface area contributed by atoms with Crippen LogP contribution in [0.2, 0.25) is 0 Å². The second-order valence-corrected chi connectivity index (χ2v) is 5.64. The molecule has 0 aromatic carbocycles. The molecule has 0 amide bonds. The lowest BCUT2D eigenvalue weighted by molar-refractivity contribution is -0.373. The van der Waals surface area contributed by atoms with E-state index >= 15 is 0 Å². The van der Waals surface area contributed by atoms with Crippen LogP contribution >= 0.6 is 0 Å². The average molecular weight is 335 g/mol. The Labute approximate surface area is 129 Å². The molecule has 0 unspecified atom stereocenters. The Morgan fingerprint density at radius 2 is 0.773 bits per heavy atom. The maximum Gasteiger partial charge on any atom is 0.313 e. The van der Waals surface area contributed by atoms with Crippen LogP contribution in [0, 0.1) is 0 Å². The van der Waals surface area contributed by atoms with Gasteiger partial charge in [0.1, 0.15) is 0 Å². The zero-order chi connectivity index (χ0) is 17.4. The summed E-state index contributed by atoms with van der Waals surface area (Å²) in [6, 6.07) is -12.7.